The summed E-state index contributed by atoms with van der Waals surface area (Å²) in [6.45, 7) is 2.54. The number of rotatable bonds is 5. The summed E-state index contributed by atoms with van der Waals surface area (Å²) in [6.07, 6.45) is 2.25. The maximum atomic E-state index is 12.2. The maximum Gasteiger partial charge on any atom is 0.310 e. The number of hydrogen-bond donors (Lipinski definition) is 1. The van der Waals surface area contributed by atoms with E-state index in [9.17, 15) is 14.7 Å². The van der Waals surface area contributed by atoms with Crippen LogP contribution in [0, 0.1) is 12.3 Å². The summed E-state index contributed by atoms with van der Waals surface area (Å²) < 4.78 is 0. The van der Waals surface area contributed by atoms with Crippen LogP contribution in [0.25, 0.3) is 0 Å². The third-order valence-corrected chi connectivity index (χ3v) is 4.35. The number of aryl methyl sites for hydroxylation is 1. The molecular weight excluding hydrogens is 254 g/mol. The van der Waals surface area contributed by atoms with Crippen LogP contribution in [0.15, 0.2) is 24.3 Å². The molecular formula is C16H21NO3. The minimum absolute atomic E-state index is 0.0876. The van der Waals surface area contributed by atoms with Gasteiger partial charge in [0.25, 0.3) is 0 Å². The molecule has 1 aromatic carbocycles. The topological polar surface area (TPSA) is 57.6 Å². The molecule has 0 bridgehead atoms. The fourth-order valence-electron chi connectivity index (χ4n) is 2.63. The van der Waals surface area contributed by atoms with E-state index in [2.05, 4.69) is 0 Å². The lowest BCUT2D eigenvalue weighted by atomic mass is 9.66. The fourth-order valence-corrected chi connectivity index (χ4v) is 2.63. The van der Waals surface area contributed by atoms with Crippen molar-refractivity contribution >= 4 is 11.9 Å². The standard InChI is InChI=1S/C16H21NO3/c1-12-6-3-4-7-13(12)11-17(2)14(18)10-16(15(19)20)8-5-9-16/h3-4,6-7H,5,8-11H2,1-2H3,(H,19,20). The van der Waals surface area contributed by atoms with Crippen molar-refractivity contribution in [2.45, 2.75) is 39.2 Å². The Balaban J connectivity index is 1.99. The normalized spacial score (nSPS) is 16.3. The molecule has 0 aliphatic heterocycles. The van der Waals surface area contributed by atoms with Crippen LogP contribution < -0.4 is 0 Å². The minimum atomic E-state index is -0.832. The first kappa shape index (κ1) is 14.6. The number of carbonyl (C=O) groups excluding carboxylic acids is 1. The van der Waals surface area contributed by atoms with Gasteiger partial charge in [0.2, 0.25) is 5.91 Å². The molecule has 1 aliphatic rings. The molecule has 4 nitrogen and oxygen atoms in total. The molecule has 0 radical (unpaired) electrons. The highest BCUT2D eigenvalue weighted by Gasteiger charge is 2.46. The first-order chi connectivity index (χ1) is 9.44. The second-order valence-electron chi connectivity index (χ2n) is 5.79. The van der Waals surface area contributed by atoms with Crippen molar-refractivity contribution in [1.29, 1.82) is 0 Å². The number of hydrogen-bond acceptors (Lipinski definition) is 2. The van der Waals surface area contributed by atoms with Crippen LogP contribution in [0.1, 0.15) is 36.8 Å². The summed E-state index contributed by atoms with van der Waals surface area (Å²) in [6, 6.07) is 7.92. The third kappa shape index (κ3) is 2.84. The number of carboxylic acid groups (broad SMARTS) is 1. The van der Waals surface area contributed by atoms with Crippen molar-refractivity contribution in [1.82, 2.24) is 4.90 Å². The van der Waals surface area contributed by atoms with Crippen LogP contribution in [-0.2, 0) is 16.1 Å². The average Bonchev–Trinajstić information content (AvgIpc) is 2.35. The Morgan fingerprint density at radius 3 is 2.45 bits per heavy atom. The number of amides is 1. The van der Waals surface area contributed by atoms with E-state index in [1.54, 1.807) is 11.9 Å². The van der Waals surface area contributed by atoms with E-state index in [4.69, 9.17) is 0 Å². The molecule has 0 heterocycles. The lowest BCUT2D eigenvalue weighted by molar-refractivity contribution is -0.159. The first-order valence-corrected chi connectivity index (χ1v) is 6.96. The Morgan fingerprint density at radius 2 is 1.95 bits per heavy atom. The van der Waals surface area contributed by atoms with Gasteiger partial charge in [-0.05, 0) is 30.9 Å². The quantitative estimate of drug-likeness (QED) is 0.898. The monoisotopic (exact) mass is 275 g/mol. The van der Waals surface area contributed by atoms with Gasteiger partial charge in [0.05, 0.1) is 5.41 Å². The van der Waals surface area contributed by atoms with Gasteiger partial charge < -0.3 is 10.0 Å². The van der Waals surface area contributed by atoms with Gasteiger partial charge in [0.15, 0.2) is 0 Å². The average molecular weight is 275 g/mol. The van der Waals surface area contributed by atoms with E-state index in [0.717, 1.165) is 17.5 Å². The van der Waals surface area contributed by atoms with E-state index in [1.807, 2.05) is 31.2 Å². The third-order valence-electron chi connectivity index (χ3n) is 4.35. The summed E-state index contributed by atoms with van der Waals surface area (Å²) in [4.78, 5) is 25.2. The summed E-state index contributed by atoms with van der Waals surface area (Å²) >= 11 is 0. The van der Waals surface area contributed by atoms with Gasteiger partial charge in [-0.25, -0.2) is 0 Å². The predicted molar refractivity (Wildman–Crippen MR) is 76.2 cm³/mol. The molecule has 0 spiro atoms. The van der Waals surface area contributed by atoms with Gasteiger partial charge in [-0.2, -0.15) is 0 Å². The molecule has 4 heteroatoms. The summed E-state index contributed by atoms with van der Waals surface area (Å²) in [5.74, 6) is -0.920. The first-order valence-electron chi connectivity index (χ1n) is 6.96. The minimum Gasteiger partial charge on any atom is -0.481 e. The number of aliphatic carboxylic acids is 1. The lowest BCUT2D eigenvalue weighted by Crippen LogP contribution is -2.42. The van der Waals surface area contributed by atoms with Crippen LogP contribution in [0.3, 0.4) is 0 Å². The second-order valence-corrected chi connectivity index (χ2v) is 5.79. The van der Waals surface area contributed by atoms with Crippen LogP contribution in [0.5, 0.6) is 0 Å². The number of nitrogens with zero attached hydrogens (tertiary/aromatic N) is 1. The van der Waals surface area contributed by atoms with Gasteiger partial charge >= 0.3 is 5.97 Å². The van der Waals surface area contributed by atoms with Crippen LogP contribution in [0.2, 0.25) is 0 Å². The van der Waals surface area contributed by atoms with Gasteiger partial charge in [-0.1, -0.05) is 30.7 Å². The highest BCUT2D eigenvalue weighted by molar-refractivity contribution is 5.85. The van der Waals surface area contributed by atoms with Gasteiger partial charge in [-0.15, -0.1) is 0 Å². The molecule has 0 atom stereocenters. The zero-order valence-electron chi connectivity index (χ0n) is 12.1. The van der Waals surface area contributed by atoms with Gasteiger partial charge in [0.1, 0.15) is 0 Å². The molecule has 1 aliphatic carbocycles. The van der Waals surface area contributed by atoms with Crippen LogP contribution in [-0.4, -0.2) is 28.9 Å². The van der Waals surface area contributed by atoms with E-state index < -0.39 is 11.4 Å². The zero-order valence-corrected chi connectivity index (χ0v) is 12.1. The van der Waals surface area contributed by atoms with E-state index in [1.165, 1.54) is 0 Å². The second kappa shape index (κ2) is 5.65. The van der Waals surface area contributed by atoms with Crippen molar-refractivity contribution in [2.75, 3.05) is 7.05 Å². The molecule has 0 saturated heterocycles. The predicted octanol–water partition coefficient (Wildman–Crippen LogP) is 2.60. The van der Waals surface area contributed by atoms with Crippen molar-refractivity contribution in [3.05, 3.63) is 35.4 Å². The summed E-state index contributed by atoms with van der Waals surface area (Å²) in [7, 11) is 1.74. The largest absolute Gasteiger partial charge is 0.481 e. The summed E-state index contributed by atoms with van der Waals surface area (Å²) in [5.41, 5.74) is 1.43. The van der Waals surface area contributed by atoms with Gasteiger partial charge in [0, 0.05) is 20.0 Å². The molecule has 0 aromatic heterocycles. The van der Waals surface area contributed by atoms with E-state index in [0.29, 0.717) is 19.4 Å². The van der Waals surface area contributed by atoms with Crippen molar-refractivity contribution < 1.29 is 14.7 Å². The molecule has 1 aromatic rings. The van der Waals surface area contributed by atoms with Crippen LogP contribution in [0.4, 0.5) is 0 Å². The molecule has 1 saturated carbocycles. The van der Waals surface area contributed by atoms with Crippen LogP contribution >= 0.6 is 0 Å². The number of carbonyl (C=O) groups is 2. The Hall–Kier alpha value is -1.84. The molecule has 2 rings (SSSR count). The Labute approximate surface area is 119 Å². The highest BCUT2D eigenvalue weighted by Crippen LogP contribution is 2.44. The van der Waals surface area contributed by atoms with Crippen molar-refractivity contribution in [3.63, 3.8) is 0 Å². The highest BCUT2D eigenvalue weighted by atomic mass is 16.4. The molecule has 20 heavy (non-hydrogen) atoms. The van der Waals surface area contributed by atoms with Crippen molar-refractivity contribution in [2.24, 2.45) is 5.41 Å². The number of carboxylic acids is 1. The Kier molecular flexibility index (Phi) is 4.12. The van der Waals surface area contributed by atoms with Gasteiger partial charge in [-0.3, -0.25) is 9.59 Å². The maximum absolute atomic E-state index is 12.2. The molecule has 1 N–H and O–H groups in total. The zero-order chi connectivity index (χ0) is 14.8. The molecule has 1 fully saturated rings. The smallest absolute Gasteiger partial charge is 0.310 e. The Morgan fingerprint density at radius 1 is 1.30 bits per heavy atom. The molecule has 108 valence electrons. The van der Waals surface area contributed by atoms with E-state index in [-0.39, 0.29) is 12.3 Å². The number of benzene rings is 1. The SMILES string of the molecule is Cc1ccccc1CN(C)C(=O)CC1(C(=O)O)CCC1. The lowest BCUT2D eigenvalue weighted by Gasteiger charge is -2.38. The summed E-state index contributed by atoms with van der Waals surface area (Å²) in [5, 5.41) is 9.28. The fraction of sp³-hybridized carbons (Fsp3) is 0.500. The van der Waals surface area contributed by atoms with E-state index >= 15 is 0 Å². The van der Waals surface area contributed by atoms with Crippen molar-refractivity contribution in [3.8, 4) is 0 Å². The molecule has 0 unspecified atom stereocenters. The Bertz CT molecular complexity index is 520. The molecule has 1 amide bonds.